The molecule has 1 amide bonds. The first-order valence-electron chi connectivity index (χ1n) is 6.05. The van der Waals surface area contributed by atoms with Gasteiger partial charge in [0.15, 0.2) is 0 Å². The highest BCUT2D eigenvalue weighted by Gasteiger charge is 2.19. The number of nitrogens with one attached hydrogen (secondary N) is 1. The van der Waals surface area contributed by atoms with Crippen molar-refractivity contribution in [3.63, 3.8) is 0 Å². The highest BCUT2D eigenvalue weighted by molar-refractivity contribution is 9.10. The van der Waals surface area contributed by atoms with E-state index < -0.39 is 17.7 Å². The molecule has 2 N–H and O–H groups in total. The third kappa shape index (κ3) is 3.30. The molecule has 1 heterocycles. The fraction of sp³-hybridized carbons (Fsp3) is 0.143. The van der Waals surface area contributed by atoms with Gasteiger partial charge in [-0.25, -0.2) is 9.18 Å². The summed E-state index contributed by atoms with van der Waals surface area (Å²) in [5.74, 6) is -2.23. The van der Waals surface area contributed by atoms with Crippen LogP contribution in [-0.4, -0.2) is 17.0 Å². The van der Waals surface area contributed by atoms with Crippen LogP contribution < -0.4 is 5.32 Å². The Labute approximate surface area is 132 Å². The quantitative estimate of drug-likeness (QED) is 0.847. The number of carboxylic acids is 1. The molecule has 1 aromatic heterocycles. The zero-order valence-electron chi connectivity index (χ0n) is 10.9. The highest BCUT2D eigenvalue weighted by Crippen LogP contribution is 2.30. The van der Waals surface area contributed by atoms with E-state index in [1.54, 1.807) is 0 Å². The van der Waals surface area contributed by atoms with E-state index in [1.807, 2.05) is 6.92 Å². The fourth-order valence-corrected chi connectivity index (χ4v) is 3.15. The lowest BCUT2D eigenvalue weighted by Gasteiger charge is -2.06. The standard InChI is InChI=1S/C14H11BrFNO3S/c1-2-7-6-9(14(19)20)13(21-7)17-12(18)8-4-3-5-10(16)11(8)15/h3-6H,2H2,1H3,(H,17,18)(H,19,20). The summed E-state index contributed by atoms with van der Waals surface area (Å²) in [6.45, 7) is 1.90. The fourth-order valence-electron chi connectivity index (χ4n) is 1.72. The van der Waals surface area contributed by atoms with E-state index >= 15 is 0 Å². The molecule has 0 saturated heterocycles. The largest absolute Gasteiger partial charge is 0.478 e. The predicted octanol–water partition coefficient (Wildman–Crippen LogP) is 4.16. The van der Waals surface area contributed by atoms with Crippen molar-refractivity contribution in [3.05, 3.63) is 50.6 Å². The van der Waals surface area contributed by atoms with E-state index in [1.165, 1.54) is 35.6 Å². The van der Waals surface area contributed by atoms with Crippen molar-refractivity contribution in [2.75, 3.05) is 5.32 Å². The molecule has 0 bridgehead atoms. The molecule has 1 aromatic carbocycles. The van der Waals surface area contributed by atoms with Gasteiger partial charge >= 0.3 is 5.97 Å². The molecular formula is C14H11BrFNO3S. The van der Waals surface area contributed by atoms with Gasteiger partial charge in [-0.2, -0.15) is 0 Å². The van der Waals surface area contributed by atoms with Crippen molar-refractivity contribution < 1.29 is 19.1 Å². The van der Waals surface area contributed by atoms with Gasteiger partial charge in [0.2, 0.25) is 0 Å². The molecule has 2 aromatic rings. The van der Waals surface area contributed by atoms with E-state index in [0.29, 0.717) is 6.42 Å². The van der Waals surface area contributed by atoms with Gasteiger partial charge in [-0.1, -0.05) is 13.0 Å². The first-order chi connectivity index (χ1) is 9.93. The third-order valence-corrected chi connectivity index (χ3v) is 4.79. The molecule has 4 nitrogen and oxygen atoms in total. The van der Waals surface area contributed by atoms with Crippen LogP contribution in [-0.2, 0) is 6.42 Å². The molecule has 21 heavy (non-hydrogen) atoms. The number of carbonyl (C=O) groups excluding carboxylic acids is 1. The Morgan fingerprint density at radius 1 is 1.38 bits per heavy atom. The Bertz CT molecular complexity index is 714. The molecule has 110 valence electrons. The van der Waals surface area contributed by atoms with Crippen LogP contribution in [0.2, 0.25) is 0 Å². The summed E-state index contributed by atoms with van der Waals surface area (Å²) < 4.78 is 13.5. The van der Waals surface area contributed by atoms with Crippen molar-refractivity contribution >= 4 is 44.1 Å². The second kappa shape index (κ2) is 6.36. The lowest BCUT2D eigenvalue weighted by atomic mass is 10.2. The van der Waals surface area contributed by atoms with Crippen LogP contribution in [0.5, 0.6) is 0 Å². The number of anilines is 1. The maximum absolute atomic E-state index is 13.4. The summed E-state index contributed by atoms with van der Waals surface area (Å²) in [6, 6.07) is 5.63. The van der Waals surface area contributed by atoms with Crippen LogP contribution in [0.25, 0.3) is 0 Å². The molecule has 0 saturated carbocycles. The van der Waals surface area contributed by atoms with E-state index in [2.05, 4.69) is 21.2 Å². The SMILES string of the molecule is CCc1cc(C(=O)O)c(NC(=O)c2cccc(F)c2Br)s1. The van der Waals surface area contributed by atoms with Crippen LogP contribution >= 0.6 is 27.3 Å². The van der Waals surface area contributed by atoms with Gasteiger partial charge in [0.25, 0.3) is 5.91 Å². The molecule has 0 unspecified atom stereocenters. The average Bonchev–Trinajstić information content (AvgIpc) is 2.85. The van der Waals surface area contributed by atoms with Crippen LogP contribution in [0.3, 0.4) is 0 Å². The maximum atomic E-state index is 13.4. The smallest absolute Gasteiger partial charge is 0.338 e. The zero-order valence-corrected chi connectivity index (χ0v) is 13.3. The first kappa shape index (κ1) is 15.7. The molecule has 0 radical (unpaired) electrons. The molecule has 7 heteroatoms. The number of hydrogen-bond donors (Lipinski definition) is 2. The van der Waals surface area contributed by atoms with Gasteiger partial charge in [-0.05, 0) is 40.5 Å². The second-order valence-electron chi connectivity index (χ2n) is 4.17. The van der Waals surface area contributed by atoms with E-state index in [4.69, 9.17) is 5.11 Å². The van der Waals surface area contributed by atoms with Crippen LogP contribution in [0.4, 0.5) is 9.39 Å². The Morgan fingerprint density at radius 2 is 2.10 bits per heavy atom. The number of halogens is 2. The van der Waals surface area contributed by atoms with Crippen LogP contribution in [0.1, 0.15) is 32.5 Å². The normalized spacial score (nSPS) is 10.4. The number of aryl methyl sites for hydroxylation is 1. The van der Waals surface area contributed by atoms with Gasteiger partial charge < -0.3 is 10.4 Å². The summed E-state index contributed by atoms with van der Waals surface area (Å²) in [6.07, 6.45) is 0.671. The topological polar surface area (TPSA) is 66.4 Å². The molecule has 0 spiro atoms. The number of carbonyl (C=O) groups is 2. The Balaban J connectivity index is 2.33. The minimum atomic E-state index is -1.11. The number of hydrogen-bond acceptors (Lipinski definition) is 3. The van der Waals surface area contributed by atoms with Crippen molar-refractivity contribution in [1.29, 1.82) is 0 Å². The Morgan fingerprint density at radius 3 is 2.71 bits per heavy atom. The summed E-state index contributed by atoms with van der Waals surface area (Å²) in [7, 11) is 0. The molecule has 0 fully saturated rings. The summed E-state index contributed by atoms with van der Waals surface area (Å²) >= 11 is 4.21. The molecular weight excluding hydrogens is 361 g/mol. The van der Waals surface area contributed by atoms with Gasteiger partial charge in [-0.3, -0.25) is 4.79 Å². The molecule has 0 atom stereocenters. The molecule has 0 aliphatic rings. The first-order valence-corrected chi connectivity index (χ1v) is 7.66. The summed E-state index contributed by atoms with van der Waals surface area (Å²) in [5, 5.41) is 11.9. The number of benzene rings is 1. The van der Waals surface area contributed by atoms with Gasteiger partial charge in [-0.15, -0.1) is 11.3 Å². The maximum Gasteiger partial charge on any atom is 0.338 e. The number of carboxylic acid groups (broad SMARTS) is 1. The van der Waals surface area contributed by atoms with Crippen molar-refractivity contribution in [1.82, 2.24) is 0 Å². The monoisotopic (exact) mass is 371 g/mol. The zero-order chi connectivity index (χ0) is 15.6. The second-order valence-corrected chi connectivity index (χ2v) is 6.10. The number of rotatable bonds is 4. The van der Waals surface area contributed by atoms with Gasteiger partial charge in [0.1, 0.15) is 10.8 Å². The van der Waals surface area contributed by atoms with E-state index in [0.717, 1.165) is 4.88 Å². The van der Waals surface area contributed by atoms with Crippen molar-refractivity contribution in [2.24, 2.45) is 0 Å². The van der Waals surface area contributed by atoms with Gasteiger partial charge in [0.05, 0.1) is 15.6 Å². The molecule has 0 aliphatic heterocycles. The number of aromatic carboxylic acids is 1. The van der Waals surface area contributed by atoms with Crippen molar-refractivity contribution in [3.8, 4) is 0 Å². The van der Waals surface area contributed by atoms with E-state index in [9.17, 15) is 14.0 Å². The average molecular weight is 372 g/mol. The van der Waals surface area contributed by atoms with Crippen LogP contribution in [0, 0.1) is 5.82 Å². The third-order valence-electron chi connectivity index (χ3n) is 2.79. The van der Waals surface area contributed by atoms with E-state index in [-0.39, 0.29) is 20.6 Å². The lowest BCUT2D eigenvalue weighted by Crippen LogP contribution is -2.14. The summed E-state index contributed by atoms with van der Waals surface area (Å²) in [4.78, 5) is 24.2. The lowest BCUT2D eigenvalue weighted by molar-refractivity contribution is 0.0698. The van der Waals surface area contributed by atoms with Gasteiger partial charge in [0, 0.05) is 4.88 Å². The highest BCUT2D eigenvalue weighted by atomic mass is 79.9. The molecule has 0 aliphatic carbocycles. The minimum Gasteiger partial charge on any atom is -0.478 e. The number of thiophene rings is 1. The van der Waals surface area contributed by atoms with Crippen LogP contribution in [0.15, 0.2) is 28.7 Å². The molecule has 2 rings (SSSR count). The predicted molar refractivity (Wildman–Crippen MR) is 82.7 cm³/mol. The Kier molecular flexibility index (Phi) is 4.74. The summed E-state index contributed by atoms with van der Waals surface area (Å²) in [5.41, 5.74) is 0.149. The minimum absolute atomic E-state index is 0.0396. The van der Waals surface area contributed by atoms with Crippen molar-refractivity contribution in [2.45, 2.75) is 13.3 Å². The number of amides is 1. The Hall–Kier alpha value is -1.73.